The lowest BCUT2D eigenvalue weighted by atomic mass is 9.95. The van der Waals surface area contributed by atoms with Crippen molar-refractivity contribution in [3.63, 3.8) is 0 Å². The summed E-state index contributed by atoms with van der Waals surface area (Å²) < 4.78 is 0. The molecule has 0 aromatic heterocycles. The molecule has 4 nitrogen and oxygen atoms in total. The maximum atomic E-state index is 11.3. The van der Waals surface area contributed by atoms with Gasteiger partial charge in [0.1, 0.15) is 5.54 Å². The Morgan fingerprint density at radius 3 is 2.33 bits per heavy atom. The molecule has 0 radical (unpaired) electrons. The molecule has 0 bridgehead atoms. The quantitative estimate of drug-likeness (QED) is 0.665. The van der Waals surface area contributed by atoms with Gasteiger partial charge in [0.15, 0.2) is 0 Å². The lowest BCUT2D eigenvalue weighted by Crippen LogP contribution is -2.49. The van der Waals surface area contributed by atoms with Crippen LogP contribution in [0.2, 0.25) is 0 Å². The van der Waals surface area contributed by atoms with Crippen LogP contribution in [0, 0.1) is 5.92 Å². The Kier molecular flexibility index (Phi) is 7.48. The Labute approximate surface area is 112 Å². The van der Waals surface area contributed by atoms with Crippen LogP contribution in [0.5, 0.6) is 0 Å². The summed E-state index contributed by atoms with van der Waals surface area (Å²) in [6, 6.07) is 0.528. The molecule has 0 amide bonds. The first-order valence-corrected chi connectivity index (χ1v) is 6.93. The number of hydrogen-bond donors (Lipinski definition) is 2. The third-order valence-electron chi connectivity index (χ3n) is 3.89. The molecule has 0 spiro atoms. The first-order chi connectivity index (χ1) is 8.24. The summed E-state index contributed by atoms with van der Waals surface area (Å²) in [4.78, 5) is 13.6. The van der Waals surface area contributed by atoms with Crippen LogP contribution < -0.4 is 5.32 Å². The Hall–Kier alpha value is -0.610. The van der Waals surface area contributed by atoms with Crippen LogP contribution in [-0.4, -0.2) is 47.7 Å². The fourth-order valence-electron chi connectivity index (χ4n) is 2.06. The number of hydrogen-bond acceptors (Lipinski definition) is 3. The number of carboxylic acids is 1. The lowest BCUT2D eigenvalue weighted by molar-refractivity contribution is -0.144. The average molecular weight is 258 g/mol. The molecule has 0 saturated heterocycles. The van der Waals surface area contributed by atoms with Gasteiger partial charge in [-0.25, -0.2) is 0 Å². The number of nitrogens with one attached hydrogen (secondary N) is 1. The summed E-state index contributed by atoms with van der Waals surface area (Å²) in [6.07, 6.45) is 1.55. The number of rotatable bonds is 9. The number of likely N-dealkylation sites (N-methyl/N-ethyl adjacent to an activating group) is 1. The second-order valence-corrected chi connectivity index (χ2v) is 5.74. The van der Waals surface area contributed by atoms with Gasteiger partial charge in [0, 0.05) is 6.04 Å². The summed E-state index contributed by atoms with van der Waals surface area (Å²) in [6.45, 7) is 12.0. The van der Waals surface area contributed by atoms with Gasteiger partial charge in [-0.15, -0.1) is 0 Å². The Balaban J connectivity index is 4.19. The molecule has 4 heteroatoms. The summed E-state index contributed by atoms with van der Waals surface area (Å²) in [5.74, 6) is -0.140. The van der Waals surface area contributed by atoms with Crippen LogP contribution in [0.15, 0.2) is 0 Å². The molecule has 2 unspecified atom stereocenters. The summed E-state index contributed by atoms with van der Waals surface area (Å²) in [7, 11) is 2.11. The van der Waals surface area contributed by atoms with Crippen molar-refractivity contribution in [2.45, 2.75) is 59.0 Å². The zero-order valence-electron chi connectivity index (χ0n) is 12.8. The minimum atomic E-state index is -0.795. The number of carbonyl (C=O) groups is 1. The lowest BCUT2D eigenvalue weighted by Gasteiger charge is -2.30. The minimum Gasteiger partial charge on any atom is -0.480 e. The summed E-state index contributed by atoms with van der Waals surface area (Å²) in [5, 5.41) is 12.3. The highest BCUT2D eigenvalue weighted by Crippen LogP contribution is 2.15. The molecule has 0 fully saturated rings. The molecule has 2 atom stereocenters. The highest BCUT2D eigenvalue weighted by atomic mass is 16.4. The maximum absolute atomic E-state index is 11.3. The predicted octanol–water partition coefficient (Wildman–Crippen LogP) is 2.20. The van der Waals surface area contributed by atoms with Crippen LogP contribution >= 0.6 is 0 Å². The number of carboxylic acid groups (broad SMARTS) is 1. The minimum absolute atomic E-state index is 0.528. The van der Waals surface area contributed by atoms with E-state index in [1.165, 1.54) is 0 Å². The van der Waals surface area contributed by atoms with Crippen LogP contribution in [-0.2, 0) is 4.79 Å². The topological polar surface area (TPSA) is 52.6 Å². The largest absolute Gasteiger partial charge is 0.480 e. The van der Waals surface area contributed by atoms with Crippen molar-refractivity contribution >= 4 is 5.97 Å². The van der Waals surface area contributed by atoms with Gasteiger partial charge < -0.3 is 15.3 Å². The van der Waals surface area contributed by atoms with E-state index in [-0.39, 0.29) is 0 Å². The van der Waals surface area contributed by atoms with Crippen molar-refractivity contribution in [2.24, 2.45) is 5.92 Å². The van der Waals surface area contributed by atoms with E-state index in [1.807, 2.05) is 6.92 Å². The molecule has 0 heterocycles. The smallest absolute Gasteiger partial charge is 0.323 e. The van der Waals surface area contributed by atoms with Crippen LogP contribution in [0.1, 0.15) is 47.5 Å². The van der Waals surface area contributed by atoms with E-state index < -0.39 is 11.5 Å². The SMILES string of the molecule is CCNC(C)(CCCN(C)C(C)C(C)C)C(=O)O. The van der Waals surface area contributed by atoms with Crippen molar-refractivity contribution in [3.05, 3.63) is 0 Å². The standard InChI is InChI=1S/C14H30N2O2/c1-7-15-14(5,13(17)18)9-8-10-16(6)12(4)11(2)3/h11-12,15H,7-10H2,1-6H3,(H,17,18). The van der Waals surface area contributed by atoms with Gasteiger partial charge in [-0.2, -0.15) is 0 Å². The molecule has 0 saturated carbocycles. The number of aliphatic carboxylic acids is 1. The molecular formula is C14H30N2O2. The van der Waals surface area contributed by atoms with Gasteiger partial charge >= 0.3 is 5.97 Å². The normalized spacial score (nSPS) is 16.9. The second-order valence-electron chi connectivity index (χ2n) is 5.74. The van der Waals surface area contributed by atoms with Gasteiger partial charge in [-0.3, -0.25) is 4.79 Å². The molecule has 0 aromatic carbocycles. The van der Waals surface area contributed by atoms with Crippen molar-refractivity contribution < 1.29 is 9.90 Å². The highest BCUT2D eigenvalue weighted by molar-refractivity contribution is 5.78. The van der Waals surface area contributed by atoms with Gasteiger partial charge in [-0.1, -0.05) is 20.8 Å². The van der Waals surface area contributed by atoms with Gasteiger partial charge in [0.2, 0.25) is 0 Å². The van der Waals surface area contributed by atoms with Crippen LogP contribution in [0.4, 0.5) is 0 Å². The first-order valence-electron chi connectivity index (χ1n) is 6.93. The Bertz CT molecular complexity index is 256. The summed E-state index contributed by atoms with van der Waals surface area (Å²) in [5.41, 5.74) is -0.795. The van der Waals surface area contributed by atoms with E-state index in [4.69, 9.17) is 0 Å². The maximum Gasteiger partial charge on any atom is 0.323 e. The van der Waals surface area contributed by atoms with E-state index in [9.17, 15) is 9.90 Å². The first kappa shape index (κ1) is 17.4. The summed E-state index contributed by atoms with van der Waals surface area (Å²) >= 11 is 0. The van der Waals surface area contributed by atoms with Gasteiger partial charge in [-0.05, 0) is 52.7 Å². The third-order valence-corrected chi connectivity index (χ3v) is 3.89. The number of nitrogens with zero attached hydrogens (tertiary/aromatic N) is 1. The van der Waals surface area contributed by atoms with E-state index in [2.05, 4.69) is 38.0 Å². The average Bonchev–Trinajstić information content (AvgIpc) is 2.27. The monoisotopic (exact) mass is 258 g/mol. The molecule has 0 aliphatic carbocycles. The fourth-order valence-corrected chi connectivity index (χ4v) is 2.06. The van der Waals surface area contributed by atoms with Crippen molar-refractivity contribution in [1.82, 2.24) is 10.2 Å². The zero-order valence-corrected chi connectivity index (χ0v) is 12.8. The van der Waals surface area contributed by atoms with Gasteiger partial charge in [0.25, 0.3) is 0 Å². The highest BCUT2D eigenvalue weighted by Gasteiger charge is 2.31. The zero-order chi connectivity index (χ0) is 14.3. The Morgan fingerprint density at radius 2 is 1.94 bits per heavy atom. The molecule has 0 aromatic rings. The molecule has 108 valence electrons. The molecule has 18 heavy (non-hydrogen) atoms. The molecule has 2 N–H and O–H groups in total. The van der Waals surface area contributed by atoms with Crippen molar-refractivity contribution in [3.8, 4) is 0 Å². The molecule has 0 aliphatic heterocycles. The predicted molar refractivity (Wildman–Crippen MR) is 75.9 cm³/mol. The van der Waals surface area contributed by atoms with Crippen LogP contribution in [0.25, 0.3) is 0 Å². The van der Waals surface area contributed by atoms with E-state index in [1.54, 1.807) is 6.92 Å². The van der Waals surface area contributed by atoms with Crippen LogP contribution in [0.3, 0.4) is 0 Å². The van der Waals surface area contributed by atoms with E-state index in [0.717, 1.165) is 13.0 Å². The van der Waals surface area contributed by atoms with Gasteiger partial charge in [0.05, 0.1) is 0 Å². The Morgan fingerprint density at radius 1 is 1.39 bits per heavy atom. The molecule has 0 aliphatic rings. The fraction of sp³-hybridized carbons (Fsp3) is 0.929. The van der Waals surface area contributed by atoms with Crippen molar-refractivity contribution in [2.75, 3.05) is 20.1 Å². The van der Waals surface area contributed by atoms with E-state index in [0.29, 0.717) is 24.9 Å². The third kappa shape index (κ3) is 5.36. The van der Waals surface area contributed by atoms with E-state index >= 15 is 0 Å². The molecular weight excluding hydrogens is 228 g/mol. The molecule has 0 rings (SSSR count). The van der Waals surface area contributed by atoms with Crippen molar-refractivity contribution in [1.29, 1.82) is 0 Å². The second kappa shape index (κ2) is 7.74.